The Morgan fingerprint density at radius 1 is 1.16 bits per heavy atom. The summed E-state index contributed by atoms with van der Waals surface area (Å²) in [4.78, 5) is 14.7. The summed E-state index contributed by atoms with van der Waals surface area (Å²) in [6.45, 7) is 7.06. The smallest absolute Gasteiger partial charge is 0.254 e. The molecule has 104 valence electrons. The van der Waals surface area contributed by atoms with Crippen LogP contribution < -0.4 is 0 Å². The first-order chi connectivity index (χ1) is 9.13. The zero-order valence-corrected chi connectivity index (χ0v) is 12.4. The van der Waals surface area contributed by atoms with Crippen LogP contribution in [0, 0.1) is 13.8 Å². The highest BCUT2D eigenvalue weighted by atomic mass is 16.2. The molecule has 0 aliphatic heterocycles. The highest BCUT2D eigenvalue weighted by Crippen LogP contribution is 2.24. The monoisotopic (exact) mass is 259 g/mol. The molecule has 0 atom stereocenters. The Bertz CT molecular complexity index is 447. The standard InChI is InChI=1S/C17H25NO/c1-4-18(16-8-6-5-7-9-16)17(19)15-11-10-13(2)14(3)12-15/h10-12,16H,4-9H2,1-3H3. The first-order valence-electron chi connectivity index (χ1n) is 7.51. The van der Waals surface area contributed by atoms with E-state index in [2.05, 4.69) is 31.7 Å². The van der Waals surface area contributed by atoms with Crippen LogP contribution in [0.1, 0.15) is 60.5 Å². The van der Waals surface area contributed by atoms with Crippen molar-refractivity contribution in [3.63, 3.8) is 0 Å². The Kier molecular flexibility index (Phi) is 4.62. The minimum atomic E-state index is 0.206. The van der Waals surface area contributed by atoms with Gasteiger partial charge in [-0.3, -0.25) is 4.79 Å². The molecule has 0 saturated heterocycles. The van der Waals surface area contributed by atoms with Crippen LogP contribution in [0.3, 0.4) is 0 Å². The van der Waals surface area contributed by atoms with E-state index < -0.39 is 0 Å². The second kappa shape index (κ2) is 6.23. The molecule has 2 heteroatoms. The third kappa shape index (κ3) is 3.17. The number of benzene rings is 1. The summed E-state index contributed by atoms with van der Waals surface area (Å²) in [6, 6.07) is 6.50. The molecular formula is C17H25NO. The molecule has 1 saturated carbocycles. The predicted molar refractivity (Wildman–Crippen MR) is 79.5 cm³/mol. The number of carbonyl (C=O) groups excluding carboxylic acids is 1. The van der Waals surface area contributed by atoms with Crippen molar-refractivity contribution in [1.29, 1.82) is 0 Å². The number of aryl methyl sites for hydroxylation is 2. The lowest BCUT2D eigenvalue weighted by molar-refractivity contribution is 0.0648. The quantitative estimate of drug-likeness (QED) is 0.800. The molecule has 1 aliphatic carbocycles. The van der Waals surface area contributed by atoms with Gasteiger partial charge in [-0.1, -0.05) is 25.3 Å². The number of rotatable bonds is 3. The van der Waals surface area contributed by atoms with Crippen LogP contribution in [-0.4, -0.2) is 23.4 Å². The molecule has 1 aliphatic rings. The normalized spacial score (nSPS) is 16.4. The van der Waals surface area contributed by atoms with Crippen molar-refractivity contribution in [2.75, 3.05) is 6.54 Å². The lowest BCUT2D eigenvalue weighted by Crippen LogP contribution is -2.41. The maximum atomic E-state index is 12.7. The maximum Gasteiger partial charge on any atom is 0.254 e. The van der Waals surface area contributed by atoms with Crippen molar-refractivity contribution < 1.29 is 4.79 Å². The fourth-order valence-corrected chi connectivity index (χ4v) is 3.00. The van der Waals surface area contributed by atoms with Gasteiger partial charge in [0.2, 0.25) is 0 Å². The van der Waals surface area contributed by atoms with Crippen molar-refractivity contribution in [3.8, 4) is 0 Å². The van der Waals surface area contributed by atoms with Gasteiger partial charge >= 0.3 is 0 Å². The molecule has 1 aromatic carbocycles. The minimum absolute atomic E-state index is 0.206. The summed E-state index contributed by atoms with van der Waals surface area (Å²) in [7, 11) is 0. The molecule has 0 spiro atoms. The maximum absolute atomic E-state index is 12.7. The average Bonchev–Trinajstić information content (AvgIpc) is 2.44. The summed E-state index contributed by atoms with van der Waals surface area (Å²) >= 11 is 0. The highest BCUT2D eigenvalue weighted by Gasteiger charge is 2.24. The van der Waals surface area contributed by atoms with Crippen LogP contribution in [0.15, 0.2) is 18.2 Å². The summed E-state index contributed by atoms with van der Waals surface area (Å²) in [5.41, 5.74) is 3.29. The summed E-state index contributed by atoms with van der Waals surface area (Å²) < 4.78 is 0. The predicted octanol–water partition coefficient (Wildman–Crippen LogP) is 4.10. The molecule has 2 rings (SSSR count). The van der Waals surface area contributed by atoms with Gasteiger partial charge in [-0.25, -0.2) is 0 Å². The summed E-state index contributed by atoms with van der Waals surface area (Å²) in [6.07, 6.45) is 6.20. The van der Waals surface area contributed by atoms with E-state index in [1.54, 1.807) is 0 Å². The van der Waals surface area contributed by atoms with Crippen LogP contribution in [0.4, 0.5) is 0 Å². The fourth-order valence-electron chi connectivity index (χ4n) is 3.00. The number of hydrogen-bond acceptors (Lipinski definition) is 1. The van der Waals surface area contributed by atoms with E-state index in [1.165, 1.54) is 43.2 Å². The summed E-state index contributed by atoms with van der Waals surface area (Å²) in [5.74, 6) is 0.206. The van der Waals surface area contributed by atoms with Gasteiger partial charge in [0.15, 0.2) is 0 Å². The van der Waals surface area contributed by atoms with Gasteiger partial charge in [-0.15, -0.1) is 0 Å². The van der Waals surface area contributed by atoms with Gasteiger partial charge < -0.3 is 4.90 Å². The first kappa shape index (κ1) is 14.1. The Hall–Kier alpha value is -1.31. The van der Waals surface area contributed by atoms with E-state index in [-0.39, 0.29) is 5.91 Å². The van der Waals surface area contributed by atoms with E-state index in [0.29, 0.717) is 6.04 Å². The van der Waals surface area contributed by atoms with Crippen LogP contribution in [0.5, 0.6) is 0 Å². The third-order valence-electron chi connectivity index (χ3n) is 4.37. The van der Waals surface area contributed by atoms with Gasteiger partial charge in [0.05, 0.1) is 0 Å². The van der Waals surface area contributed by atoms with Crippen molar-refractivity contribution in [2.24, 2.45) is 0 Å². The summed E-state index contributed by atoms with van der Waals surface area (Å²) in [5, 5.41) is 0. The highest BCUT2D eigenvalue weighted by molar-refractivity contribution is 5.94. The van der Waals surface area contributed by atoms with Crippen LogP contribution in [-0.2, 0) is 0 Å². The van der Waals surface area contributed by atoms with Gasteiger partial charge in [-0.2, -0.15) is 0 Å². The molecule has 2 nitrogen and oxygen atoms in total. The molecular weight excluding hydrogens is 234 g/mol. The van der Waals surface area contributed by atoms with Crippen molar-refractivity contribution >= 4 is 5.91 Å². The molecule has 1 amide bonds. The Balaban J connectivity index is 2.17. The second-order valence-electron chi connectivity index (χ2n) is 5.68. The van der Waals surface area contributed by atoms with Crippen molar-refractivity contribution in [3.05, 3.63) is 34.9 Å². The molecule has 1 aromatic rings. The van der Waals surface area contributed by atoms with Gasteiger partial charge in [-0.05, 0) is 56.9 Å². The van der Waals surface area contributed by atoms with Gasteiger partial charge in [0.1, 0.15) is 0 Å². The largest absolute Gasteiger partial charge is 0.336 e. The molecule has 0 radical (unpaired) electrons. The number of carbonyl (C=O) groups is 1. The van der Waals surface area contributed by atoms with Gasteiger partial charge in [0, 0.05) is 18.2 Å². The molecule has 0 N–H and O–H groups in total. The fraction of sp³-hybridized carbons (Fsp3) is 0.588. The number of amides is 1. The van der Waals surface area contributed by atoms with Crippen molar-refractivity contribution in [2.45, 2.75) is 58.9 Å². The lowest BCUT2D eigenvalue weighted by Gasteiger charge is -2.33. The molecule has 0 unspecified atom stereocenters. The average molecular weight is 259 g/mol. The number of nitrogens with zero attached hydrogens (tertiary/aromatic N) is 1. The minimum Gasteiger partial charge on any atom is -0.336 e. The Morgan fingerprint density at radius 3 is 2.42 bits per heavy atom. The van der Waals surface area contributed by atoms with E-state index in [4.69, 9.17) is 0 Å². The van der Waals surface area contributed by atoms with E-state index >= 15 is 0 Å². The Labute approximate surface area is 116 Å². The Morgan fingerprint density at radius 2 is 1.84 bits per heavy atom. The SMILES string of the molecule is CCN(C(=O)c1ccc(C)c(C)c1)C1CCCCC1. The third-order valence-corrected chi connectivity index (χ3v) is 4.37. The zero-order chi connectivity index (χ0) is 13.8. The molecule has 1 fully saturated rings. The zero-order valence-electron chi connectivity index (χ0n) is 12.4. The lowest BCUT2D eigenvalue weighted by atomic mass is 9.93. The first-order valence-corrected chi connectivity index (χ1v) is 7.51. The second-order valence-corrected chi connectivity index (χ2v) is 5.68. The van der Waals surface area contributed by atoms with Crippen LogP contribution in [0.25, 0.3) is 0 Å². The van der Waals surface area contributed by atoms with Crippen LogP contribution >= 0.6 is 0 Å². The molecule has 0 aromatic heterocycles. The van der Waals surface area contributed by atoms with E-state index in [9.17, 15) is 4.79 Å². The van der Waals surface area contributed by atoms with E-state index in [0.717, 1.165) is 12.1 Å². The van der Waals surface area contributed by atoms with Crippen molar-refractivity contribution in [1.82, 2.24) is 4.90 Å². The topological polar surface area (TPSA) is 20.3 Å². The molecule has 0 heterocycles. The van der Waals surface area contributed by atoms with Crippen LogP contribution in [0.2, 0.25) is 0 Å². The number of hydrogen-bond donors (Lipinski definition) is 0. The van der Waals surface area contributed by atoms with E-state index in [1.807, 2.05) is 12.1 Å². The van der Waals surface area contributed by atoms with Gasteiger partial charge in [0.25, 0.3) is 5.91 Å². The molecule has 19 heavy (non-hydrogen) atoms. The molecule has 0 bridgehead atoms.